The van der Waals surface area contributed by atoms with E-state index in [0.717, 1.165) is 34.4 Å². The van der Waals surface area contributed by atoms with Crippen LogP contribution < -0.4 is 0 Å². The maximum absolute atomic E-state index is 13.2. The van der Waals surface area contributed by atoms with Crippen LogP contribution in [0.25, 0.3) is 11.1 Å². The van der Waals surface area contributed by atoms with Crippen LogP contribution in [-0.4, -0.2) is 39.6 Å². The standard InChI is InChI=1S/C33H33N3O2/c1-22(2)16-31-11-10-28(19-35-31)32(37)18-29-17-27(5-4-23(29)3)33(38)36-20-30(21-36)25-8-6-24(7-9-25)26-12-14-34-15-13-26/h4-15,17,19,22,30H,16,18,20-21H2,1-3H3. The highest BCUT2D eigenvalue weighted by atomic mass is 16.2. The molecule has 0 radical (unpaired) electrons. The highest BCUT2D eigenvalue weighted by Crippen LogP contribution is 2.30. The maximum atomic E-state index is 13.2. The van der Waals surface area contributed by atoms with Crippen LogP contribution in [0.3, 0.4) is 0 Å². The van der Waals surface area contributed by atoms with Crippen molar-refractivity contribution in [1.82, 2.24) is 14.9 Å². The minimum atomic E-state index is 0.0144. The monoisotopic (exact) mass is 503 g/mol. The van der Waals surface area contributed by atoms with Gasteiger partial charge in [-0.05, 0) is 83.5 Å². The van der Waals surface area contributed by atoms with Gasteiger partial charge in [0, 0.05) is 60.8 Å². The molecule has 0 spiro atoms. The molecule has 0 N–H and O–H groups in total. The summed E-state index contributed by atoms with van der Waals surface area (Å²) in [6.07, 6.45) is 6.42. The topological polar surface area (TPSA) is 63.2 Å². The molecule has 5 nitrogen and oxygen atoms in total. The molecule has 2 aromatic carbocycles. The number of Topliss-reactive ketones (excluding diaryl/α,β-unsaturated/α-hetero) is 1. The van der Waals surface area contributed by atoms with Crippen molar-refractivity contribution in [3.8, 4) is 11.1 Å². The molecular formula is C33H33N3O2. The lowest BCUT2D eigenvalue weighted by atomic mass is 9.89. The van der Waals surface area contributed by atoms with Gasteiger partial charge in [0.15, 0.2) is 5.78 Å². The number of carbonyl (C=O) groups excluding carboxylic acids is 2. The number of aryl methyl sites for hydroxylation is 1. The number of ketones is 1. The van der Waals surface area contributed by atoms with Crippen LogP contribution in [-0.2, 0) is 12.8 Å². The average Bonchev–Trinajstić information content (AvgIpc) is 2.90. The zero-order valence-corrected chi connectivity index (χ0v) is 22.2. The summed E-state index contributed by atoms with van der Waals surface area (Å²) < 4.78 is 0. The van der Waals surface area contributed by atoms with Gasteiger partial charge in [-0.2, -0.15) is 0 Å². The molecule has 2 aromatic heterocycles. The Morgan fingerprint density at radius 2 is 1.58 bits per heavy atom. The molecule has 0 saturated carbocycles. The molecule has 5 heteroatoms. The first-order valence-electron chi connectivity index (χ1n) is 13.2. The van der Waals surface area contributed by atoms with Crippen LogP contribution in [0, 0.1) is 12.8 Å². The third-order valence-corrected chi connectivity index (χ3v) is 7.28. The number of hydrogen-bond donors (Lipinski definition) is 0. The molecule has 0 atom stereocenters. The Morgan fingerprint density at radius 1 is 0.895 bits per heavy atom. The van der Waals surface area contributed by atoms with Gasteiger partial charge < -0.3 is 4.90 Å². The first-order valence-corrected chi connectivity index (χ1v) is 13.2. The zero-order valence-electron chi connectivity index (χ0n) is 22.2. The molecule has 4 aromatic rings. The van der Waals surface area contributed by atoms with Crippen LogP contribution in [0.4, 0.5) is 0 Å². The summed E-state index contributed by atoms with van der Waals surface area (Å²) in [7, 11) is 0. The Kier molecular flexibility index (Phi) is 7.45. The second-order valence-corrected chi connectivity index (χ2v) is 10.6. The summed E-state index contributed by atoms with van der Waals surface area (Å²) in [5, 5.41) is 0. The van der Waals surface area contributed by atoms with Crippen LogP contribution in [0.15, 0.2) is 85.3 Å². The number of aromatic nitrogens is 2. The fourth-order valence-electron chi connectivity index (χ4n) is 4.93. The molecule has 0 aliphatic carbocycles. The van der Waals surface area contributed by atoms with E-state index < -0.39 is 0 Å². The van der Waals surface area contributed by atoms with E-state index in [9.17, 15) is 9.59 Å². The van der Waals surface area contributed by atoms with Gasteiger partial charge in [-0.25, -0.2) is 0 Å². The summed E-state index contributed by atoms with van der Waals surface area (Å²) >= 11 is 0. The van der Waals surface area contributed by atoms with Crippen molar-refractivity contribution in [2.24, 2.45) is 5.92 Å². The first-order chi connectivity index (χ1) is 18.4. The molecule has 1 aliphatic rings. The fourth-order valence-corrected chi connectivity index (χ4v) is 4.93. The minimum absolute atomic E-state index is 0.0144. The SMILES string of the molecule is Cc1ccc(C(=O)N2CC(c3ccc(-c4ccncc4)cc3)C2)cc1CC(=O)c1ccc(CC(C)C)nc1. The number of amides is 1. The number of hydrogen-bond acceptors (Lipinski definition) is 4. The number of carbonyl (C=O) groups is 2. The molecular weight excluding hydrogens is 470 g/mol. The Morgan fingerprint density at radius 3 is 2.24 bits per heavy atom. The van der Waals surface area contributed by atoms with Gasteiger partial charge in [-0.1, -0.05) is 44.2 Å². The highest BCUT2D eigenvalue weighted by Gasteiger charge is 2.32. The zero-order chi connectivity index (χ0) is 26.6. The van der Waals surface area contributed by atoms with Crippen molar-refractivity contribution in [2.45, 2.75) is 39.5 Å². The average molecular weight is 504 g/mol. The number of rotatable bonds is 8. The van der Waals surface area contributed by atoms with Crippen molar-refractivity contribution in [3.05, 3.63) is 119 Å². The molecule has 0 bridgehead atoms. The van der Waals surface area contributed by atoms with Gasteiger partial charge in [0.25, 0.3) is 5.91 Å². The lowest BCUT2D eigenvalue weighted by Gasteiger charge is -2.39. The molecule has 1 aliphatic heterocycles. The highest BCUT2D eigenvalue weighted by molar-refractivity contribution is 5.98. The summed E-state index contributed by atoms with van der Waals surface area (Å²) in [6.45, 7) is 7.68. The van der Waals surface area contributed by atoms with Gasteiger partial charge in [0.2, 0.25) is 0 Å². The van der Waals surface area contributed by atoms with Gasteiger partial charge >= 0.3 is 0 Å². The number of benzene rings is 2. The number of pyridine rings is 2. The second kappa shape index (κ2) is 11.1. The predicted molar refractivity (Wildman–Crippen MR) is 150 cm³/mol. The summed E-state index contributed by atoms with van der Waals surface area (Å²) in [4.78, 5) is 36.6. The van der Waals surface area contributed by atoms with Gasteiger partial charge in [0.05, 0.1) is 0 Å². The molecule has 1 saturated heterocycles. The Balaban J connectivity index is 1.20. The molecule has 192 valence electrons. The van der Waals surface area contributed by atoms with E-state index in [4.69, 9.17) is 0 Å². The smallest absolute Gasteiger partial charge is 0.253 e. The third-order valence-electron chi connectivity index (χ3n) is 7.28. The van der Waals surface area contributed by atoms with E-state index in [2.05, 4.69) is 48.1 Å². The van der Waals surface area contributed by atoms with Crippen molar-refractivity contribution in [1.29, 1.82) is 0 Å². The number of nitrogens with zero attached hydrogens (tertiary/aromatic N) is 3. The largest absolute Gasteiger partial charge is 0.337 e. The van der Waals surface area contributed by atoms with E-state index in [0.29, 0.717) is 36.1 Å². The van der Waals surface area contributed by atoms with E-state index in [1.54, 1.807) is 18.6 Å². The second-order valence-electron chi connectivity index (χ2n) is 10.6. The van der Waals surface area contributed by atoms with Gasteiger partial charge in [-0.15, -0.1) is 0 Å². The van der Waals surface area contributed by atoms with Crippen molar-refractivity contribution < 1.29 is 9.59 Å². The van der Waals surface area contributed by atoms with Crippen LogP contribution in [0.2, 0.25) is 0 Å². The van der Waals surface area contributed by atoms with Crippen LogP contribution >= 0.6 is 0 Å². The van der Waals surface area contributed by atoms with Gasteiger partial charge in [0.1, 0.15) is 0 Å². The minimum Gasteiger partial charge on any atom is -0.337 e. The Bertz CT molecular complexity index is 1420. The molecule has 1 fully saturated rings. The van der Waals surface area contributed by atoms with Gasteiger partial charge in [-0.3, -0.25) is 19.6 Å². The van der Waals surface area contributed by atoms with E-state index in [1.165, 1.54) is 5.56 Å². The molecule has 0 unspecified atom stereocenters. The number of likely N-dealkylation sites (tertiary alicyclic amines) is 1. The van der Waals surface area contributed by atoms with E-state index in [-0.39, 0.29) is 18.1 Å². The van der Waals surface area contributed by atoms with Crippen molar-refractivity contribution in [2.75, 3.05) is 13.1 Å². The summed E-state index contributed by atoms with van der Waals surface area (Å²) in [5.41, 5.74) is 7.68. The van der Waals surface area contributed by atoms with Crippen molar-refractivity contribution in [3.63, 3.8) is 0 Å². The summed E-state index contributed by atoms with van der Waals surface area (Å²) in [5.74, 6) is 0.887. The molecule has 38 heavy (non-hydrogen) atoms. The Hall–Kier alpha value is -4.12. The van der Waals surface area contributed by atoms with Crippen LogP contribution in [0.1, 0.15) is 62.9 Å². The lowest BCUT2D eigenvalue weighted by Crippen LogP contribution is -2.48. The van der Waals surface area contributed by atoms with Crippen LogP contribution in [0.5, 0.6) is 0 Å². The molecule has 5 rings (SSSR count). The van der Waals surface area contributed by atoms with E-state index >= 15 is 0 Å². The Labute approximate surface area is 224 Å². The predicted octanol–water partition coefficient (Wildman–Crippen LogP) is 6.32. The lowest BCUT2D eigenvalue weighted by molar-refractivity contribution is 0.0602. The molecule has 3 heterocycles. The normalized spacial score (nSPS) is 13.4. The molecule has 1 amide bonds. The third kappa shape index (κ3) is 5.72. The maximum Gasteiger partial charge on any atom is 0.253 e. The first kappa shape index (κ1) is 25.5. The quantitative estimate of drug-likeness (QED) is 0.264. The fraction of sp³-hybridized carbons (Fsp3) is 0.273. The summed E-state index contributed by atoms with van der Waals surface area (Å²) in [6, 6.07) is 22.1. The van der Waals surface area contributed by atoms with Crippen molar-refractivity contribution >= 4 is 11.7 Å². The van der Waals surface area contributed by atoms with E-state index in [1.807, 2.05) is 54.3 Å².